The van der Waals surface area contributed by atoms with Gasteiger partial charge in [-0.1, -0.05) is 39.3 Å². The highest BCUT2D eigenvalue weighted by Crippen LogP contribution is 2.72. The Morgan fingerprint density at radius 1 is 1.03 bits per heavy atom. The van der Waals surface area contributed by atoms with E-state index in [2.05, 4.69) is 33.8 Å². The molecule has 2 saturated heterocycles. The summed E-state index contributed by atoms with van der Waals surface area (Å²) >= 11 is 0. The molecule has 0 aromatic carbocycles. The molecule has 11 atom stereocenters. The predicted octanol–water partition coefficient (Wildman–Crippen LogP) is 4.83. The molecule has 31 heavy (non-hydrogen) atoms. The fourth-order valence-electron chi connectivity index (χ4n) is 9.62. The Morgan fingerprint density at radius 3 is 2.58 bits per heavy atom. The molecule has 3 saturated carbocycles. The summed E-state index contributed by atoms with van der Waals surface area (Å²) in [5.74, 6) is 1.72. The number of fused-ring (bicyclic) bond motifs is 7. The Balaban J connectivity index is 1.32. The molecule has 4 nitrogen and oxygen atoms in total. The molecule has 2 N–H and O–H groups in total. The lowest BCUT2D eigenvalue weighted by Gasteiger charge is -2.61. The lowest BCUT2D eigenvalue weighted by Crippen LogP contribution is -2.61. The molecule has 0 bridgehead atoms. The number of ether oxygens (including phenoxy) is 2. The molecule has 1 spiro atoms. The Kier molecular flexibility index (Phi) is 4.49. The van der Waals surface area contributed by atoms with Gasteiger partial charge >= 0.3 is 0 Å². The second-order valence-corrected chi connectivity index (χ2v) is 12.8. The van der Waals surface area contributed by atoms with Gasteiger partial charge in [0.05, 0.1) is 24.4 Å². The van der Waals surface area contributed by atoms with Gasteiger partial charge < -0.3 is 19.7 Å². The van der Waals surface area contributed by atoms with E-state index >= 15 is 0 Å². The van der Waals surface area contributed by atoms with Crippen LogP contribution < -0.4 is 0 Å². The first kappa shape index (κ1) is 21.1. The van der Waals surface area contributed by atoms with E-state index in [4.69, 9.17) is 9.47 Å². The summed E-state index contributed by atoms with van der Waals surface area (Å²) in [5, 5.41) is 22.7. The van der Waals surface area contributed by atoms with Crippen LogP contribution in [-0.2, 0) is 9.47 Å². The lowest BCUT2D eigenvalue weighted by atomic mass is 9.45. The zero-order valence-electron chi connectivity index (χ0n) is 19.9. The largest absolute Gasteiger partial charge is 0.393 e. The Morgan fingerprint density at radius 2 is 1.84 bits per heavy atom. The van der Waals surface area contributed by atoms with Crippen molar-refractivity contribution in [2.24, 2.45) is 40.4 Å². The van der Waals surface area contributed by atoms with Crippen LogP contribution in [0.25, 0.3) is 0 Å². The van der Waals surface area contributed by atoms with Gasteiger partial charge in [0.1, 0.15) is 0 Å². The third-order valence-electron chi connectivity index (χ3n) is 11.5. The molecule has 5 fully saturated rings. The molecule has 174 valence electrons. The van der Waals surface area contributed by atoms with Crippen LogP contribution in [-0.4, -0.2) is 40.4 Å². The number of aliphatic hydroxyl groups excluding tert-OH is 1. The monoisotopic (exact) mass is 430 g/mol. The van der Waals surface area contributed by atoms with Gasteiger partial charge in [0, 0.05) is 30.1 Å². The number of aliphatic hydroxyl groups is 2. The third-order valence-corrected chi connectivity index (χ3v) is 11.5. The average molecular weight is 431 g/mol. The van der Waals surface area contributed by atoms with E-state index in [0.29, 0.717) is 29.6 Å². The molecule has 0 aromatic rings. The maximum absolute atomic E-state index is 12.5. The minimum absolute atomic E-state index is 0.107. The first-order valence-electron chi connectivity index (χ1n) is 13.0. The van der Waals surface area contributed by atoms with Crippen LogP contribution >= 0.6 is 0 Å². The fourth-order valence-corrected chi connectivity index (χ4v) is 9.62. The van der Waals surface area contributed by atoms with Crippen molar-refractivity contribution in [3.05, 3.63) is 11.6 Å². The highest BCUT2D eigenvalue weighted by atomic mass is 16.7. The molecule has 4 aliphatic carbocycles. The predicted molar refractivity (Wildman–Crippen MR) is 119 cm³/mol. The number of hydrogen-bond acceptors (Lipinski definition) is 4. The van der Waals surface area contributed by atoms with Gasteiger partial charge in [-0.25, -0.2) is 0 Å². The van der Waals surface area contributed by atoms with Gasteiger partial charge in [0.25, 0.3) is 0 Å². The van der Waals surface area contributed by atoms with E-state index in [1.165, 1.54) is 18.4 Å². The van der Waals surface area contributed by atoms with Crippen molar-refractivity contribution in [3.63, 3.8) is 0 Å². The maximum atomic E-state index is 12.5. The fraction of sp³-hybridized carbons (Fsp3) is 0.926. The van der Waals surface area contributed by atoms with Crippen LogP contribution in [0.1, 0.15) is 85.5 Å². The van der Waals surface area contributed by atoms with Crippen molar-refractivity contribution in [3.8, 4) is 0 Å². The smallest absolute Gasteiger partial charge is 0.171 e. The minimum atomic E-state index is -0.663. The highest BCUT2D eigenvalue weighted by molar-refractivity contribution is 5.29. The first-order chi connectivity index (χ1) is 14.6. The molecule has 4 heteroatoms. The van der Waals surface area contributed by atoms with Gasteiger partial charge in [-0.3, -0.25) is 0 Å². The minimum Gasteiger partial charge on any atom is -0.393 e. The van der Waals surface area contributed by atoms with Gasteiger partial charge in [-0.2, -0.15) is 0 Å². The van der Waals surface area contributed by atoms with Gasteiger partial charge in [-0.05, 0) is 68.1 Å². The number of hydrogen-bond donors (Lipinski definition) is 2. The molecular formula is C27H42O4. The molecule has 0 radical (unpaired) electrons. The van der Waals surface area contributed by atoms with Crippen LogP contribution in [0.4, 0.5) is 0 Å². The van der Waals surface area contributed by atoms with E-state index in [1.807, 2.05) is 0 Å². The maximum Gasteiger partial charge on any atom is 0.171 e. The number of allylic oxidation sites excluding steroid dienone is 1. The van der Waals surface area contributed by atoms with Crippen molar-refractivity contribution in [2.75, 3.05) is 6.61 Å². The highest BCUT2D eigenvalue weighted by Gasteiger charge is 2.74. The van der Waals surface area contributed by atoms with Crippen LogP contribution in [0, 0.1) is 40.4 Å². The van der Waals surface area contributed by atoms with Crippen molar-refractivity contribution in [1.29, 1.82) is 0 Å². The van der Waals surface area contributed by atoms with E-state index in [1.54, 1.807) is 0 Å². The van der Waals surface area contributed by atoms with E-state index in [0.717, 1.165) is 51.6 Å². The SMILES string of the molecule is CC1CCC2(OC1)O[C@H]1CC3(O)[C@@H]4CC=C5C[C@@H](O)CC[C@]5(C)[C@H]4CC[C@]3(C)[C@H]1[C@@H]2C. The summed E-state index contributed by atoms with van der Waals surface area (Å²) in [6.07, 6.45) is 11.3. The van der Waals surface area contributed by atoms with Crippen molar-refractivity contribution >= 4 is 0 Å². The molecule has 6 aliphatic rings. The summed E-state index contributed by atoms with van der Waals surface area (Å²) in [6.45, 7) is 10.2. The standard InChI is InChI=1S/C27H42O4/c1-16-7-12-27(30-15-16)17(2)23-22(31-27)14-26(29)21-6-5-18-13-19(28)8-10-24(18,3)20(21)9-11-25(23,26)4/h5,16-17,19-23,28-29H,6-15H2,1-4H3/t16?,17-,19-,20-,21+,22-,23-,24-,25+,26?,27?/m0/s1. The van der Waals surface area contributed by atoms with Gasteiger partial charge in [-0.15, -0.1) is 0 Å². The lowest BCUT2D eigenvalue weighted by molar-refractivity contribution is -0.280. The summed E-state index contributed by atoms with van der Waals surface area (Å²) in [4.78, 5) is 0. The van der Waals surface area contributed by atoms with Crippen molar-refractivity contribution in [1.82, 2.24) is 0 Å². The normalized spacial score (nSPS) is 60.7. The summed E-state index contributed by atoms with van der Waals surface area (Å²) in [7, 11) is 0. The first-order valence-corrected chi connectivity index (χ1v) is 13.0. The summed E-state index contributed by atoms with van der Waals surface area (Å²) in [5.41, 5.74) is 0.841. The van der Waals surface area contributed by atoms with Gasteiger partial charge in [0.2, 0.25) is 0 Å². The average Bonchev–Trinajstić information content (AvgIpc) is 3.12. The second kappa shape index (κ2) is 6.58. The quantitative estimate of drug-likeness (QED) is 0.541. The summed E-state index contributed by atoms with van der Waals surface area (Å²) < 4.78 is 13.2. The van der Waals surface area contributed by atoms with Crippen LogP contribution in [0.5, 0.6) is 0 Å². The number of rotatable bonds is 0. The van der Waals surface area contributed by atoms with Crippen molar-refractivity contribution < 1.29 is 19.7 Å². The van der Waals surface area contributed by atoms with Crippen LogP contribution in [0.15, 0.2) is 11.6 Å². The molecular weight excluding hydrogens is 388 g/mol. The molecule has 6 rings (SSSR count). The molecule has 0 aromatic heterocycles. The molecule has 0 amide bonds. The topological polar surface area (TPSA) is 58.9 Å². The van der Waals surface area contributed by atoms with E-state index < -0.39 is 11.4 Å². The zero-order valence-corrected chi connectivity index (χ0v) is 19.9. The Bertz CT molecular complexity index is 784. The molecule has 2 aliphatic heterocycles. The third kappa shape index (κ3) is 2.57. The Hall–Kier alpha value is -0.420. The van der Waals surface area contributed by atoms with E-state index in [9.17, 15) is 10.2 Å². The van der Waals surface area contributed by atoms with Gasteiger partial charge in [0.15, 0.2) is 5.79 Å². The summed E-state index contributed by atoms with van der Waals surface area (Å²) in [6, 6.07) is 0. The van der Waals surface area contributed by atoms with Crippen LogP contribution in [0.3, 0.4) is 0 Å². The molecule has 3 unspecified atom stereocenters. The second-order valence-electron chi connectivity index (χ2n) is 12.8. The molecule has 2 heterocycles. The van der Waals surface area contributed by atoms with Crippen molar-refractivity contribution in [2.45, 2.75) is 109 Å². The zero-order chi connectivity index (χ0) is 21.8. The van der Waals surface area contributed by atoms with Crippen LogP contribution in [0.2, 0.25) is 0 Å². The Labute approximate surface area is 187 Å². The van der Waals surface area contributed by atoms with E-state index in [-0.39, 0.29) is 23.0 Å².